The van der Waals surface area contributed by atoms with Crippen molar-refractivity contribution in [3.8, 4) is 0 Å². The number of pyridine rings is 1. The van der Waals surface area contributed by atoms with E-state index in [0.717, 1.165) is 4.47 Å². The van der Waals surface area contributed by atoms with Crippen LogP contribution in [0.4, 0.5) is 0 Å². The third kappa shape index (κ3) is 4.95. The van der Waals surface area contributed by atoms with E-state index in [0.29, 0.717) is 25.1 Å². The van der Waals surface area contributed by atoms with Crippen molar-refractivity contribution in [1.29, 1.82) is 0 Å². The van der Waals surface area contributed by atoms with Crippen molar-refractivity contribution in [2.45, 2.75) is 12.8 Å². The monoisotopic (exact) mass is 300 g/mol. The molecule has 0 bridgehead atoms. The Morgan fingerprint density at radius 2 is 2.24 bits per heavy atom. The summed E-state index contributed by atoms with van der Waals surface area (Å²) in [5.74, 6) is -0.525. The first-order valence-corrected chi connectivity index (χ1v) is 5.89. The van der Waals surface area contributed by atoms with Gasteiger partial charge in [0, 0.05) is 23.6 Å². The van der Waals surface area contributed by atoms with Gasteiger partial charge >= 0.3 is 5.97 Å². The zero-order valence-electron chi connectivity index (χ0n) is 9.40. The van der Waals surface area contributed by atoms with Crippen LogP contribution in [0.25, 0.3) is 0 Å². The number of amides is 1. The molecule has 0 radical (unpaired) electrons. The summed E-state index contributed by atoms with van der Waals surface area (Å²) in [4.78, 5) is 26.3. The molecule has 0 aliphatic rings. The summed E-state index contributed by atoms with van der Waals surface area (Å²) in [7, 11) is 1.34. The summed E-state index contributed by atoms with van der Waals surface area (Å²) >= 11 is 3.24. The van der Waals surface area contributed by atoms with E-state index in [1.165, 1.54) is 7.11 Å². The standard InChI is InChI=1S/C11H13BrN2O3/c1-17-10(15)3-2-6-13-11(16)9-5-4-8(12)7-14-9/h4-5,7H,2-3,6H2,1H3,(H,13,16). The van der Waals surface area contributed by atoms with E-state index in [9.17, 15) is 9.59 Å². The Morgan fingerprint density at radius 1 is 1.47 bits per heavy atom. The summed E-state index contributed by atoms with van der Waals surface area (Å²) in [5.41, 5.74) is 0.353. The molecule has 0 aliphatic carbocycles. The number of carbonyl (C=O) groups is 2. The summed E-state index contributed by atoms with van der Waals surface area (Å²) in [5, 5.41) is 2.67. The van der Waals surface area contributed by atoms with Gasteiger partial charge in [-0.15, -0.1) is 0 Å². The maximum absolute atomic E-state index is 11.6. The molecule has 5 nitrogen and oxygen atoms in total. The molecule has 1 aromatic rings. The molecule has 17 heavy (non-hydrogen) atoms. The molecule has 6 heteroatoms. The topological polar surface area (TPSA) is 68.3 Å². The Morgan fingerprint density at radius 3 is 2.82 bits per heavy atom. The van der Waals surface area contributed by atoms with E-state index < -0.39 is 0 Å². The van der Waals surface area contributed by atoms with Crippen LogP contribution in [0.15, 0.2) is 22.8 Å². The van der Waals surface area contributed by atoms with Crippen LogP contribution in [0.3, 0.4) is 0 Å². The predicted octanol–water partition coefficient (Wildman–Crippen LogP) is 1.53. The summed E-state index contributed by atoms with van der Waals surface area (Å²) in [6.07, 6.45) is 2.41. The first-order valence-electron chi connectivity index (χ1n) is 5.10. The number of halogens is 1. The largest absolute Gasteiger partial charge is 0.469 e. The van der Waals surface area contributed by atoms with Crippen molar-refractivity contribution in [3.05, 3.63) is 28.5 Å². The molecule has 0 unspecified atom stereocenters. The first kappa shape index (κ1) is 13.6. The Labute approximate surface area is 108 Å². The van der Waals surface area contributed by atoms with Gasteiger partial charge in [0.05, 0.1) is 7.11 Å². The van der Waals surface area contributed by atoms with Gasteiger partial charge in [0.2, 0.25) is 0 Å². The van der Waals surface area contributed by atoms with Gasteiger partial charge < -0.3 is 10.1 Å². The van der Waals surface area contributed by atoms with Crippen molar-refractivity contribution in [3.63, 3.8) is 0 Å². The molecule has 0 fully saturated rings. The minimum Gasteiger partial charge on any atom is -0.469 e. The SMILES string of the molecule is COC(=O)CCCNC(=O)c1ccc(Br)cn1. The third-order valence-electron chi connectivity index (χ3n) is 2.03. The predicted molar refractivity (Wildman–Crippen MR) is 65.5 cm³/mol. The lowest BCUT2D eigenvalue weighted by molar-refractivity contribution is -0.140. The van der Waals surface area contributed by atoms with E-state index >= 15 is 0 Å². The average Bonchev–Trinajstić information content (AvgIpc) is 2.34. The summed E-state index contributed by atoms with van der Waals surface area (Å²) in [6.45, 7) is 0.422. The number of nitrogens with zero attached hydrogens (tertiary/aromatic N) is 1. The molecule has 0 saturated carbocycles. The molecule has 1 aromatic heterocycles. The number of methoxy groups -OCH3 is 1. The Hall–Kier alpha value is -1.43. The van der Waals surface area contributed by atoms with Crippen LogP contribution < -0.4 is 5.32 Å². The molecule has 0 spiro atoms. The minimum atomic E-state index is -0.277. The lowest BCUT2D eigenvalue weighted by atomic mass is 10.3. The summed E-state index contributed by atoms with van der Waals surface area (Å²) < 4.78 is 5.31. The molecule has 0 saturated heterocycles. The second-order valence-electron chi connectivity index (χ2n) is 3.30. The van der Waals surface area contributed by atoms with Gasteiger partial charge in [0.25, 0.3) is 5.91 Å². The van der Waals surface area contributed by atoms with Crippen LogP contribution in [-0.4, -0.2) is 30.5 Å². The number of aromatic nitrogens is 1. The maximum Gasteiger partial charge on any atom is 0.305 e. The van der Waals surface area contributed by atoms with Crippen molar-refractivity contribution in [1.82, 2.24) is 10.3 Å². The fourth-order valence-corrected chi connectivity index (χ4v) is 1.37. The van der Waals surface area contributed by atoms with Gasteiger partial charge in [-0.1, -0.05) is 0 Å². The van der Waals surface area contributed by atoms with Crippen molar-refractivity contribution < 1.29 is 14.3 Å². The molecular weight excluding hydrogens is 288 g/mol. The van der Waals surface area contributed by atoms with Gasteiger partial charge in [-0.3, -0.25) is 9.59 Å². The van der Waals surface area contributed by atoms with Crippen molar-refractivity contribution in [2.75, 3.05) is 13.7 Å². The van der Waals surface area contributed by atoms with Crippen LogP contribution in [-0.2, 0) is 9.53 Å². The normalized spacial score (nSPS) is 9.76. The fraction of sp³-hybridized carbons (Fsp3) is 0.364. The van der Waals surface area contributed by atoms with Crippen molar-refractivity contribution in [2.24, 2.45) is 0 Å². The molecule has 1 rings (SSSR count). The quantitative estimate of drug-likeness (QED) is 0.661. The molecule has 1 amide bonds. The minimum absolute atomic E-state index is 0.248. The highest BCUT2D eigenvalue weighted by atomic mass is 79.9. The highest BCUT2D eigenvalue weighted by Crippen LogP contribution is 2.07. The molecule has 1 N–H and O–H groups in total. The molecule has 1 heterocycles. The second kappa shape index (κ2) is 7.01. The lowest BCUT2D eigenvalue weighted by Crippen LogP contribution is -2.25. The van der Waals surface area contributed by atoms with E-state index in [1.807, 2.05) is 0 Å². The zero-order valence-corrected chi connectivity index (χ0v) is 11.0. The molecule has 0 aromatic carbocycles. The van der Waals surface area contributed by atoms with Gasteiger partial charge in [-0.2, -0.15) is 0 Å². The Bertz CT molecular complexity index is 392. The fourth-order valence-electron chi connectivity index (χ4n) is 1.14. The lowest BCUT2D eigenvalue weighted by Gasteiger charge is -2.04. The molecule has 92 valence electrons. The van der Waals surface area contributed by atoms with Crippen LogP contribution in [0.2, 0.25) is 0 Å². The van der Waals surface area contributed by atoms with Crippen LogP contribution in [0.1, 0.15) is 23.3 Å². The van der Waals surface area contributed by atoms with E-state index in [4.69, 9.17) is 0 Å². The maximum atomic E-state index is 11.6. The summed E-state index contributed by atoms with van der Waals surface area (Å²) in [6, 6.07) is 3.37. The van der Waals surface area contributed by atoms with Crippen LogP contribution in [0, 0.1) is 0 Å². The number of hydrogen-bond acceptors (Lipinski definition) is 4. The van der Waals surface area contributed by atoms with Gasteiger partial charge in [0.1, 0.15) is 5.69 Å². The van der Waals surface area contributed by atoms with E-state index in [1.54, 1.807) is 18.3 Å². The van der Waals surface area contributed by atoms with Crippen molar-refractivity contribution >= 4 is 27.8 Å². The average molecular weight is 301 g/mol. The Kier molecular flexibility index (Phi) is 5.62. The highest BCUT2D eigenvalue weighted by Gasteiger charge is 2.06. The second-order valence-corrected chi connectivity index (χ2v) is 4.21. The number of carbonyl (C=O) groups excluding carboxylic acids is 2. The first-order chi connectivity index (χ1) is 8.13. The zero-order chi connectivity index (χ0) is 12.7. The number of nitrogens with one attached hydrogen (secondary N) is 1. The van der Waals surface area contributed by atoms with Crippen LogP contribution >= 0.6 is 15.9 Å². The number of ether oxygens (including phenoxy) is 1. The third-order valence-corrected chi connectivity index (χ3v) is 2.50. The smallest absolute Gasteiger partial charge is 0.305 e. The number of rotatable bonds is 5. The van der Waals surface area contributed by atoms with Crippen LogP contribution in [0.5, 0.6) is 0 Å². The Balaban J connectivity index is 2.30. The molecular formula is C11H13BrN2O3. The highest BCUT2D eigenvalue weighted by molar-refractivity contribution is 9.10. The number of hydrogen-bond donors (Lipinski definition) is 1. The van der Waals surface area contributed by atoms with Gasteiger partial charge in [0.15, 0.2) is 0 Å². The molecule has 0 atom stereocenters. The molecule has 0 aliphatic heterocycles. The van der Waals surface area contributed by atoms with E-state index in [2.05, 4.69) is 31.0 Å². The van der Waals surface area contributed by atoms with Gasteiger partial charge in [-0.25, -0.2) is 4.98 Å². The van der Waals surface area contributed by atoms with Gasteiger partial charge in [-0.05, 0) is 34.5 Å². The number of esters is 1. The van der Waals surface area contributed by atoms with E-state index in [-0.39, 0.29) is 11.9 Å².